The van der Waals surface area contributed by atoms with Gasteiger partial charge in [0.15, 0.2) is 0 Å². The van der Waals surface area contributed by atoms with E-state index in [1.807, 2.05) is 4.90 Å². The van der Waals surface area contributed by atoms with Crippen LogP contribution < -0.4 is 5.73 Å². The number of hydrogen-bond donors (Lipinski definition) is 3. The molecular weight excluding hydrogens is 316 g/mol. The van der Waals surface area contributed by atoms with Crippen LogP contribution in [0.1, 0.15) is 78.1 Å². The van der Waals surface area contributed by atoms with Crippen LogP contribution in [-0.4, -0.2) is 28.5 Å². The van der Waals surface area contributed by atoms with Crippen LogP contribution in [0.25, 0.3) is 0 Å². The monoisotopic (exact) mass is 350 g/mol. The summed E-state index contributed by atoms with van der Waals surface area (Å²) in [6, 6.07) is 0. The summed E-state index contributed by atoms with van der Waals surface area (Å²) in [6.07, 6.45) is 12.5. The summed E-state index contributed by atoms with van der Waals surface area (Å²) in [4.78, 5) is 22.4. The first-order valence-electron chi connectivity index (χ1n) is 8.41. The van der Waals surface area contributed by atoms with Crippen molar-refractivity contribution in [1.82, 2.24) is 4.90 Å². The number of nitrogens with zero attached hydrogens (tertiary/aromatic N) is 1. The quantitative estimate of drug-likeness (QED) is 0.331. The Morgan fingerprint density at radius 1 is 0.773 bits per heavy atom. The number of amides is 2. The van der Waals surface area contributed by atoms with Crippen molar-refractivity contribution >= 4 is 35.7 Å². The zero-order valence-corrected chi connectivity index (χ0v) is 16.0. The van der Waals surface area contributed by atoms with Gasteiger partial charge in [0, 0.05) is 13.1 Å². The third-order valence-corrected chi connectivity index (χ3v) is 3.62. The molecule has 0 aromatic carbocycles. The fraction of sp³-hybridized carbons (Fsp3) is 0.875. The maximum Gasteiger partial charge on any atom is 0.278 e. The van der Waals surface area contributed by atoms with Crippen molar-refractivity contribution < 1.29 is 9.59 Å². The summed E-state index contributed by atoms with van der Waals surface area (Å²) >= 11 is 7.07. The van der Waals surface area contributed by atoms with Gasteiger partial charge in [-0.3, -0.25) is 9.59 Å². The molecule has 22 heavy (non-hydrogen) atoms. The van der Waals surface area contributed by atoms with Crippen molar-refractivity contribution in [2.75, 3.05) is 13.1 Å². The SMILES string of the molecule is CCCCCCCN(CCCCCCC)C(=O)S.NC(=O)S. The second-order valence-corrected chi connectivity index (χ2v) is 6.26. The van der Waals surface area contributed by atoms with Crippen LogP contribution >= 0.6 is 25.3 Å². The van der Waals surface area contributed by atoms with Gasteiger partial charge in [-0.15, -0.1) is 0 Å². The first kappa shape index (κ1) is 23.9. The van der Waals surface area contributed by atoms with E-state index in [2.05, 4.69) is 44.8 Å². The van der Waals surface area contributed by atoms with Crippen molar-refractivity contribution in [3.63, 3.8) is 0 Å². The molecule has 0 rings (SSSR count). The van der Waals surface area contributed by atoms with Crippen LogP contribution in [0.3, 0.4) is 0 Å². The van der Waals surface area contributed by atoms with Gasteiger partial charge in [0.1, 0.15) is 0 Å². The average Bonchev–Trinajstić information content (AvgIpc) is 2.43. The topological polar surface area (TPSA) is 63.4 Å². The van der Waals surface area contributed by atoms with Gasteiger partial charge in [-0.2, -0.15) is 0 Å². The van der Waals surface area contributed by atoms with Gasteiger partial charge in [0.2, 0.25) is 0 Å². The van der Waals surface area contributed by atoms with Gasteiger partial charge in [-0.05, 0) is 12.8 Å². The molecular formula is C16H34N2O2S2. The van der Waals surface area contributed by atoms with Gasteiger partial charge >= 0.3 is 0 Å². The number of rotatable bonds is 12. The molecule has 0 radical (unpaired) electrons. The second-order valence-electron chi connectivity index (χ2n) is 5.44. The maximum atomic E-state index is 11.4. The molecule has 2 N–H and O–H groups in total. The van der Waals surface area contributed by atoms with E-state index in [-0.39, 0.29) is 5.24 Å². The molecule has 0 saturated carbocycles. The van der Waals surface area contributed by atoms with E-state index in [4.69, 9.17) is 4.79 Å². The van der Waals surface area contributed by atoms with Crippen molar-refractivity contribution in [1.29, 1.82) is 0 Å². The lowest BCUT2D eigenvalue weighted by molar-refractivity contribution is 0.220. The Labute approximate surface area is 147 Å². The molecule has 132 valence electrons. The fourth-order valence-corrected chi connectivity index (χ4v) is 2.32. The van der Waals surface area contributed by atoms with Gasteiger partial charge in [-0.25, -0.2) is 0 Å². The lowest BCUT2D eigenvalue weighted by atomic mass is 10.1. The lowest BCUT2D eigenvalue weighted by Gasteiger charge is -2.20. The van der Waals surface area contributed by atoms with E-state index in [1.165, 1.54) is 51.4 Å². The highest BCUT2D eigenvalue weighted by Crippen LogP contribution is 2.08. The third kappa shape index (κ3) is 21.9. The molecule has 0 aromatic heterocycles. The molecule has 0 aliphatic rings. The Morgan fingerprint density at radius 3 is 1.36 bits per heavy atom. The zero-order valence-electron chi connectivity index (χ0n) is 14.2. The first-order chi connectivity index (χ1) is 10.5. The molecule has 0 unspecified atom stereocenters. The highest BCUT2D eigenvalue weighted by Gasteiger charge is 2.08. The van der Waals surface area contributed by atoms with Crippen molar-refractivity contribution in [2.45, 2.75) is 78.1 Å². The van der Waals surface area contributed by atoms with Gasteiger partial charge in [0.25, 0.3) is 10.5 Å². The minimum absolute atomic E-state index is 0.0546. The van der Waals surface area contributed by atoms with Crippen LogP contribution in [0.2, 0.25) is 0 Å². The average molecular weight is 351 g/mol. The van der Waals surface area contributed by atoms with Crippen molar-refractivity contribution in [2.24, 2.45) is 5.73 Å². The summed E-state index contributed by atoms with van der Waals surface area (Å²) < 4.78 is 0. The lowest BCUT2D eigenvalue weighted by Crippen LogP contribution is -2.28. The highest BCUT2D eigenvalue weighted by atomic mass is 32.1. The molecule has 6 heteroatoms. The summed E-state index contributed by atoms with van der Waals surface area (Å²) in [6.45, 7) is 6.22. The summed E-state index contributed by atoms with van der Waals surface area (Å²) in [5, 5.41) is -0.694. The van der Waals surface area contributed by atoms with E-state index in [0.29, 0.717) is 0 Å². The van der Waals surface area contributed by atoms with Crippen LogP contribution in [0, 0.1) is 0 Å². The molecule has 4 nitrogen and oxygen atoms in total. The van der Waals surface area contributed by atoms with Crippen molar-refractivity contribution in [3.05, 3.63) is 0 Å². The molecule has 0 aliphatic carbocycles. The van der Waals surface area contributed by atoms with Crippen LogP contribution in [0.4, 0.5) is 9.59 Å². The zero-order chi connectivity index (χ0) is 17.2. The molecule has 0 aliphatic heterocycles. The van der Waals surface area contributed by atoms with Crippen LogP contribution in [-0.2, 0) is 0 Å². The molecule has 0 spiro atoms. The minimum Gasteiger partial charge on any atom is -0.361 e. The highest BCUT2D eigenvalue weighted by molar-refractivity contribution is 7.96. The van der Waals surface area contributed by atoms with Gasteiger partial charge in [0.05, 0.1) is 0 Å². The second kappa shape index (κ2) is 18.7. The molecule has 0 aromatic rings. The number of unbranched alkanes of at least 4 members (excludes halogenated alkanes) is 8. The van der Waals surface area contributed by atoms with Crippen LogP contribution in [0.15, 0.2) is 0 Å². The normalized spacial score (nSPS) is 9.82. The van der Waals surface area contributed by atoms with E-state index in [1.54, 1.807) is 0 Å². The van der Waals surface area contributed by atoms with E-state index in [9.17, 15) is 4.79 Å². The Morgan fingerprint density at radius 2 is 1.09 bits per heavy atom. The number of hydrogen-bond acceptors (Lipinski definition) is 2. The van der Waals surface area contributed by atoms with E-state index in [0.717, 1.165) is 25.9 Å². The number of primary amides is 1. The summed E-state index contributed by atoms with van der Waals surface area (Å²) in [5.74, 6) is 0. The minimum atomic E-state index is -0.639. The molecule has 0 atom stereocenters. The van der Waals surface area contributed by atoms with E-state index < -0.39 is 5.24 Å². The Balaban J connectivity index is 0. The molecule has 0 fully saturated rings. The molecule has 0 bridgehead atoms. The smallest absolute Gasteiger partial charge is 0.278 e. The van der Waals surface area contributed by atoms with Crippen molar-refractivity contribution in [3.8, 4) is 0 Å². The Bertz CT molecular complexity index is 259. The predicted molar refractivity (Wildman–Crippen MR) is 102 cm³/mol. The third-order valence-electron chi connectivity index (χ3n) is 3.33. The van der Waals surface area contributed by atoms with Gasteiger partial charge in [-0.1, -0.05) is 90.5 Å². The maximum absolute atomic E-state index is 11.4. The molecule has 0 heterocycles. The number of nitrogens with two attached hydrogens (primary N) is 1. The summed E-state index contributed by atoms with van der Waals surface area (Å²) in [5.41, 5.74) is 4.34. The van der Waals surface area contributed by atoms with E-state index >= 15 is 0 Å². The molecule has 0 saturated heterocycles. The Kier molecular flexibility index (Phi) is 20.3. The predicted octanol–water partition coefficient (Wildman–Crippen LogP) is 5.27. The molecule has 2 amide bonds. The van der Waals surface area contributed by atoms with Crippen LogP contribution in [0.5, 0.6) is 0 Å². The fourth-order valence-electron chi connectivity index (χ4n) is 2.12. The number of thiol groups is 2. The number of carbonyl (C=O) groups is 2. The first-order valence-corrected chi connectivity index (χ1v) is 9.31. The largest absolute Gasteiger partial charge is 0.361 e. The van der Waals surface area contributed by atoms with Gasteiger partial charge < -0.3 is 10.6 Å². The standard InChI is InChI=1S/C15H31NOS.CH3NOS/c1-3-5-7-9-11-13-16(15(17)18)14-12-10-8-6-4-2;2-1(3)4/h3-14H2,1-2H3,(H,17,18);(H3,2,3,4). The summed E-state index contributed by atoms with van der Waals surface area (Å²) in [7, 11) is 0. The number of carbonyl (C=O) groups excluding carboxylic acids is 2. The Hall–Kier alpha value is -0.360.